The van der Waals surface area contributed by atoms with Crippen LogP contribution in [0.4, 0.5) is 0 Å². The number of piperidine rings is 1. The van der Waals surface area contributed by atoms with E-state index in [1.807, 2.05) is 31.2 Å². The molecular formula is C13H18N2O. The van der Waals surface area contributed by atoms with Crippen LogP contribution in [0.15, 0.2) is 24.3 Å². The van der Waals surface area contributed by atoms with Crippen molar-refractivity contribution in [2.24, 2.45) is 5.73 Å². The van der Waals surface area contributed by atoms with Gasteiger partial charge in [-0.15, -0.1) is 0 Å². The van der Waals surface area contributed by atoms with Gasteiger partial charge in [-0.1, -0.05) is 29.8 Å². The second-order valence-electron chi connectivity index (χ2n) is 4.52. The monoisotopic (exact) mass is 218 g/mol. The van der Waals surface area contributed by atoms with E-state index in [1.54, 1.807) is 0 Å². The first kappa shape index (κ1) is 11.1. The Morgan fingerprint density at radius 2 is 2.25 bits per heavy atom. The van der Waals surface area contributed by atoms with Crippen LogP contribution in [0, 0.1) is 6.92 Å². The molecule has 3 N–H and O–H groups in total. The zero-order valence-corrected chi connectivity index (χ0v) is 9.62. The predicted molar refractivity (Wildman–Crippen MR) is 63.9 cm³/mol. The molecule has 3 nitrogen and oxygen atoms in total. The summed E-state index contributed by atoms with van der Waals surface area (Å²) in [7, 11) is 0. The summed E-state index contributed by atoms with van der Waals surface area (Å²) in [5, 5.41) is 3.30. The van der Waals surface area contributed by atoms with E-state index in [9.17, 15) is 4.79 Å². The zero-order valence-electron chi connectivity index (χ0n) is 9.62. The lowest BCUT2D eigenvalue weighted by Gasteiger charge is -2.36. The highest BCUT2D eigenvalue weighted by molar-refractivity contribution is 5.86. The molecule has 1 saturated heterocycles. The lowest BCUT2D eigenvalue weighted by molar-refractivity contribution is -0.125. The number of aryl methyl sites for hydroxylation is 1. The summed E-state index contributed by atoms with van der Waals surface area (Å²) in [6, 6.07) is 8.03. The summed E-state index contributed by atoms with van der Waals surface area (Å²) < 4.78 is 0. The Morgan fingerprint density at radius 3 is 2.81 bits per heavy atom. The molecule has 1 aromatic rings. The second kappa shape index (κ2) is 4.26. The van der Waals surface area contributed by atoms with Crippen LogP contribution in [0.1, 0.15) is 30.4 Å². The van der Waals surface area contributed by atoms with Gasteiger partial charge in [-0.25, -0.2) is 0 Å². The average molecular weight is 218 g/mol. The van der Waals surface area contributed by atoms with Crippen molar-refractivity contribution in [3.63, 3.8) is 0 Å². The molecule has 1 aliphatic rings. The van der Waals surface area contributed by atoms with E-state index >= 15 is 0 Å². The third kappa shape index (κ3) is 1.83. The minimum Gasteiger partial charge on any atom is -0.368 e. The first-order valence-electron chi connectivity index (χ1n) is 5.77. The third-order valence-corrected chi connectivity index (χ3v) is 3.34. The fraction of sp³-hybridized carbons (Fsp3) is 0.462. The fourth-order valence-corrected chi connectivity index (χ4v) is 2.41. The zero-order chi connectivity index (χ0) is 11.6. The molecule has 1 aromatic carbocycles. The Balaban J connectivity index is 2.42. The van der Waals surface area contributed by atoms with Crippen LogP contribution in [0.2, 0.25) is 0 Å². The maximum Gasteiger partial charge on any atom is 0.242 e. The van der Waals surface area contributed by atoms with Gasteiger partial charge in [0.15, 0.2) is 0 Å². The van der Waals surface area contributed by atoms with Crippen LogP contribution < -0.4 is 11.1 Å². The van der Waals surface area contributed by atoms with Gasteiger partial charge in [0.05, 0.1) is 0 Å². The number of nitrogens with one attached hydrogen (secondary N) is 1. The third-order valence-electron chi connectivity index (χ3n) is 3.34. The molecule has 1 unspecified atom stereocenters. The van der Waals surface area contributed by atoms with Crippen LogP contribution in [-0.4, -0.2) is 12.5 Å². The van der Waals surface area contributed by atoms with Crippen LogP contribution >= 0.6 is 0 Å². The van der Waals surface area contributed by atoms with Crippen molar-refractivity contribution >= 4 is 5.91 Å². The number of benzene rings is 1. The smallest absolute Gasteiger partial charge is 0.242 e. The number of hydrogen-bond acceptors (Lipinski definition) is 2. The molecule has 86 valence electrons. The van der Waals surface area contributed by atoms with E-state index in [-0.39, 0.29) is 5.91 Å². The summed E-state index contributed by atoms with van der Waals surface area (Å²) in [6.07, 6.45) is 2.95. The maximum atomic E-state index is 11.7. The van der Waals surface area contributed by atoms with E-state index in [0.717, 1.165) is 36.9 Å². The Kier molecular flexibility index (Phi) is 2.97. The molecule has 0 aliphatic carbocycles. The van der Waals surface area contributed by atoms with Gasteiger partial charge >= 0.3 is 0 Å². The Morgan fingerprint density at radius 1 is 1.44 bits per heavy atom. The van der Waals surface area contributed by atoms with Gasteiger partial charge in [0, 0.05) is 0 Å². The van der Waals surface area contributed by atoms with Crippen LogP contribution in [0.3, 0.4) is 0 Å². The Labute approximate surface area is 96.0 Å². The van der Waals surface area contributed by atoms with Gasteiger partial charge < -0.3 is 5.73 Å². The molecule has 16 heavy (non-hydrogen) atoms. The standard InChI is InChI=1S/C13H18N2O/c1-10-5-4-6-11(9-10)13(12(14)16)7-2-3-8-15-13/h4-6,9,15H,2-3,7-8H2,1H3,(H2,14,16). The molecule has 0 radical (unpaired) electrons. The Bertz CT molecular complexity index is 395. The van der Waals surface area contributed by atoms with Gasteiger partial charge in [0.2, 0.25) is 5.91 Å². The molecular weight excluding hydrogens is 200 g/mol. The van der Waals surface area contributed by atoms with E-state index in [0.29, 0.717) is 0 Å². The van der Waals surface area contributed by atoms with Crippen molar-refractivity contribution in [3.8, 4) is 0 Å². The molecule has 1 fully saturated rings. The molecule has 1 amide bonds. The van der Waals surface area contributed by atoms with Gasteiger partial charge in [0.1, 0.15) is 5.54 Å². The normalized spacial score (nSPS) is 25.3. The van der Waals surface area contributed by atoms with Crippen molar-refractivity contribution in [1.82, 2.24) is 5.32 Å². The topological polar surface area (TPSA) is 55.1 Å². The number of primary amides is 1. The number of nitrogens with two attached hydrogens (primary N) is 1. The van der Waals surface area contributed by atoms with Crippen molar-refractivity contribution < 1.29 is 4.79 Å². The van der Waals surface area contributed by atoms with E-state index in [4.69, 9.17) is 5.73 Å². The highest BCUT2D eigenvalue weighted by Gasteiger charge is 2.39. The lowest BCUT2D eigenvalue weighted by Crippen LogP contribution is -2.55. The summed E-state index contributed by atoms with van der Waals surface area (Å²) in [5.74, 6) is -0.266. The van der Waals surface area contributed by atoms with Gasteiger partial charge in [-0.2, -0.15) is 0 Å². The second-order valence-corrected chi connectivity index (χ2v) is 4.52. The molecule has 0 saturated carbocycles. The molecule has 3 heteroatoms. The van der Waals surface area contributed by atoms with E-state index in [2.05, 4.69) is 5.32 Å². The van der Waals surface area contributed by atoms with Crippen LogP contribution in [-0.2, 0) is 10.3 Å². The van der Waals surface area contributed by atoms with Crippen LogP contribution in [0.25, 0.3) is 0 Å². The summed E-state index contributed by atoms with van der Waals surface area (Å²) in [4.78, 5) is 11.7. The minimum absolute atomic E-state index is 0.266. The molecule has 1 heterocycles. The Hall–Kier alpha value is -1.35. The summed E-state index contributed by atoms with van der Waals surface area (Å²) >= 11 is 0. The van der Waals surface area contributed by atoms with Crippen LogP contribution in [0.5, 0.6) is 0 Å². The minimum atomic E-state index is -0.649. The van der Waals surface area contributed by atoms with Crippen molar-refractivity contribution in [2.45, 2.75) is 31.7 Å². The largest absolute Gasteiger partial charge is 0.368 e. The molecule has 0 bridgehead atoms. The highest BCUT2D eigenvalue weighted by Crippen LogP contribution is 2.30. The SMILES string of the molecule is Cc1cccc(C2(C(N)=O)CCCCN2)c1. The highest BCUT2D eigenvalue weighted by atomic mass is 16.1. The number of amides is 1. The van der Waals surface area contributed by atoms with E-state index in [1.165, 1.54) is 0 Å². The number of carbonyl (C=O) groups is 1. The molecule has 0 spiro atoms. The fourth-order valence-electron chi connectivity index (χ4n) is 2.41. The summed E-state index contributed by atoms with van der Waals surface area (Å²) in [6.45, 7) is 2.89. The van der Waals surface area contributed by atoms with Gasteiger partial charge in [0.25, 0.3) is 0 Å². The lowest BCUT2D eigenvalue weighted by atomic mass is 9.81. The number of rotatable bonds is 2. The summed E-state index contributed by atoms with van der Waals surface area (Å²) in [5.41, 5.74) is 7.09. The number of carbonyl (C=O) groups excluding carboxylic acids is 1. The first-order valence-corrected chi connectivity index (χ1v) is 5.77. The van der Waals surface area contributed by atoms with Crippen molar-refractivity contribution in [2.75, 3.05) is 6.54 Å². The molecule has 1 atom stereocenters. The van der Waals surface area contributed by atoms with E-state index < -0.39 is 5.54 Å². The maximum absolute atomic E-state index is 11.7. The van der Waals surface area contributed by atoms with Crippen molar-refractivity contribution in [1.29, 1.82) is 0 Å². The molecule has 2 rings (SSSR count). The molecule has 1 aliphatic heterocycles. The van der Waals surface area contributed by atoms with Gasteiger partial charge in [-0.05, 0) is 38.3 Å². The van der Waals surface area contributed by atoms with Crippen molar-refractivity contribution in [3.05, 3.63) is 35.4 Å². The molecule has 0 aromatic heterocycles. The quantitative estimate of drug-likeness (QED) is 0.789. The predicted octanol–water partition coefficient (Wildman–Crippen LogP) is 1.45. The first-order chi connectivity index (χ1) is 7.65. The average Bonchev–Trinajstić information content (AvgIpc) is 2.30. The van der Waals surface area contributed by atoms with Gasteiger partial charge in [-0.3, -0.25) is 10.1 Å². The number of hydrogen-bond donors (Lipinski definition) is 2.